The van der Waals surface area contributed by atoms with Crippen LogP contribution in [0.4, 0.5) is 15.6 Å². The number of hydrogen-bond donors (Lipinski definition) is 1. The van der Waals surface area contributed by atoms with Crippen molar-refractivity contribution in [3.8, 4) is 5.88 Å². The molecule has 168 valence electrons. The van der Waals surface area contributed by atoms with Crippen molar-refractivity contribution in [3.63, 3.8) is 0 Å². The van der Waals surface area contributed by atoms with Gasteiger partial charge in [-0.1, -0.05) is 11.3 Å². The molecular weight excluding hydrogens is 418 g/mol. The molecule has 0 aromatic carbocycles. The summed E-state index contributed by atoms with van der Waals surface area (Å²) in [7, 11) is 1.59. The number of likely N-dealkylation sites (tertiary alicyclic amines) is 1. The summed E-state index contributed by atoms with van der Waals surface area (Å²) in [6, 6.07) is -0.107. The van der Waals surface area contributed by atoms with Gasteiger partial charge < -0.3 is 24.0 Å². The molecule has 2 aromatic rings. The Hall–Kier alpha value is -2.17. The van der Waals surface area contributed by atoms with E-state index in [1.807, 2.05) is 18.0 Å². The summed E-state index contributed by atoms with van der Waals surface area (Å²) in [5.41, 5.74) is 1.66. The van der Waals surface area contributed by atoms with E-state index in [0.717, 1.165) is 62.6 Å². The summed E-state index contributed by atoms with van der Waals surface area (Å²) in [5.74, 6) is 0.465. The highest BCUT2D eigenvalue weighted by Gasteiger charge is 2.43. The number of urea groups is 1. The van der Waals surface area contributed by atoms with Gasteiger partial charge in [-0.25, -0.2) is 14.8 Å². The van der Waals surface area contributed by atoms with Crippen molar-refractivity contribution in [2.45, 2.75) is 32.3 Å². The highest BCUT2D eigenvalue weighted by atomic mass is 32.1. The normalized spacial score (nSPS) is 24.7. The van der Waals surface area contributed by atoms with Gasteiger partial charge in [-0.3, -0.25) is 5.32 Å². The molecule has 2 amide bonds. The Labute approximate surface area is 185 Å². The van der Waals surface area contributed by atoms with Crippen molar-refractivity contribution >= 4 is 38.4 Å². The summed E-state index contributed by atoms with van der Waals surface area (Å²) in [4.78, 5) is 26.1. The topological polar surface area (TPSA) is 89.1 Å². The Morgan fingerprint density at radius 3 is 2.90 bits per heavy atom. The van der Waals surface area contributed by atoms with Crippen molar-refractivity contribution in [3.05, 3.63) is 6.20 Å². The predicted octanol–water partition coefficient (Wildman–Crippen LogP) is 2.96. The lowest BCUT2D eigenvalue weighted by molar-refractivity contribution is -0.0444. The molecule has 5 rings (SSSR count). The molecule has 31 heavy (non-hydrogen) atoms. The fourth-order valence-electron chi connectivity index (χ4n) is 4.93. The molecule has 2 aromatic heterocycles. The molecule has 1 atom stereocenters. The molecule has 0 radical (unpaired) electrons. The van der Waals surface area contributed by atoms with Gasteiger partial charge in [-0.15, -0.1) is 0 Å². The lowest BCUT2D eigenvalue weighted by atomic mass is 9.87. The first kappa shape index (κ1) is 20.7. The third kappa shape index (κ3) is 3.70. The van der Waals surface area contributed by atoms with Gasteiger partial charge in [0.05, 0.1) is 30.3 Å². The zero-order chi connectivity index (χ0) is 21.6. The molecule has 1 spiro atoms. The number of nitrogens with zero attached hydrogens (tertiary/aromatic N) is 4. The number of carbonyl (C=O) groups is 1. The van der Waals surface area contributed by atoms with Crippen molar-refractivity contribution in [1.29, 1.82) is 0 Å². The van der Waals surface area contributed by atoms with E-state index in [2.05, 4.69) is 27.1 Å². The van der Waals surface area contributed by atoms with Crippen LogP contribution in [0, 0.1) is 5.41 Å². The maximum atomic E-state index is 12.9. The van der Waals surface area contributed by atoms with Gasteiger partial charge in [0, 0.05) is 44.8 Å². The van der Waals surface area contributed by atoms with Crippen molar-refractivity contribution in [2.24, 2.45) is 5.41 Å². The van der Waals surface area contributed by atoms with Crippen molar-refractivity contribution in [2.75, 3.05) is 63.3 Å². The quantitative estimate of drug-likeness (QED) is 0.754. The van der Waals surface area contributed by atoms with Crippen LogP contribution in [-0.2, 0) is 9.47 Å². The molecular formula is C21H29N5O4S. The number of fused-ring (bicyclic) bond motifs is 1. The van der Waals surface area contributed by atoms with Crippen LogP contribution in [0.2, 0.25) is 0 Å². The molecule has 1 N–H and O–H groups in total. The van der Waals surface area contributed by atoms with E-state index in [9.17, 15) is 4.79 Å². The first-order chi connectivity index (χ1) is 14.9. The van der Waals surface area contributed by atoms with Gasteiger partial charge in [-0.2, -0.15) is 0 Å². The van der Waals surface area contributed by atoms with Crippen LogP contribution in [0.3, 0.4) is 0 Å². The molecule has 3 aliphatic heterocycles. The van der Waals surface area contributed by atoms with Gasteiger partial charge >= 0.3 is 6.03 Å². The minimum absolute atomic E-state index is 0.107. The smallest absolute Gasteiger partial charge is 0.323 e. The number of pyridine rings is 1. The molecule has 10 heteroatoms. The van der Waals surface area contributed by atoms with Crippen LogP contribution in [0.15, 0.2) is 6.20 Å². The summed E-state index contributed by atoms with van der Waals surface area (Å²) < 4.78 is 17.8. The van der Waals surface area contributed by atoms with Crippen LogP contribution < -0.4 is 15.0 Å². The lowest BCUT2D eigenvalue weighted by Gasteiger charge is -2.48. The highest BCUT2D eigenvalue weighted by molar-refractivity contribution is 7.23. The first-order valence-electron chi connectivity index (χ1n) is 10.8. The van der Waals surface area contributed by atoms with E-state index >= 15 is 0 Å². The monoisotopic (exact) mass is 447 g/mol. The van der Waals surface area contributed by atoms with Gasteiger partial charge in [0.25, 0.3) is 0 Å². The number of aromatic nitrogens is 2. The number of amides is 2. The number of rotatable bonds is 5. The number of carbonyl (C=O) groups excluding carboxylic acids is 1. The fraction of sp³-hybridized carbons (Fsp3) is 0.667. The molecule has 3 saturated heterocycles. The average Bonchev–Trinajstić information content (AvgIpc) is 3.46. The second kappa shape index (κ2) is 7.75. The summed E-state index contributed by atoms with van der Waals surface area (Å²) >= 11 is 1.46. The highest BCUT2D eigenvalue weighted by Crippen LogP contribution is 2.42. The fourth-order valence-corrected chi connectivity index (χ4v) is 5.91. The predicted molar refractivity (Wildman–Crippen MR) is 119 cm³/mol. The molecule has 1 unspecified atom stereocenters. The third-order valence-corrected chi connectivity index (χ3v) is 7.56. The van der Waals surface area contributed by atoms with Crippen LogP contribution in [0.1, 0.15) is 26.7 Å². The molecule has 3 aliphatic rings. The Morgan fingerprint density at radius 1 is 1.35 bits per heavy atom. The Morgan fingerprint density at radius 2 is 2.19 bits per heavy atom. The zero-order valence-electron chi connectivity index (χ0n) is 18.3. The van der Waals surface area contributed by atoms with Gasteiger partial charge in [-0.05, 0) is 26.7 Å². The maximum Gasteiger partial charge on any atom is 0.323 e. The minimum Gasteiger partial charge on any atom is -0.479 e. The molecule has 9 nitrogen and oxygen atoms in total. The molecule has 3 fully saturated rings. The number of thiazole rings is 1. The van der Waals surface area contributed by atoms with Gasteiger partial charge in [0.1, 0.15) is 11.1 Å². The van der Waals surface area contributed by atoms with Gasteiger partial charge in [0.2, 0.25) is 5.88 Å². The number of anilines is 2. The van der Waals surface area contributed by atoms with E-state index in [4.69, 9.17) is 14.2 Å². The SMILES string of the molecule is CCOC1(C)CN(c2cnc(OC)c3nc(NC(=O)N4CCC5(CCOC5)C4)sc23)C1. The van der Waals surface area contributed by atoms with E-state index in [1.54, 1.807) is 7.11 Å². The first-order valence-corrected chi connectivity index (χ1v) is 11.6. The summed E-state index contributed by atoms with van der Waals surface area (Å²) in [6.45, 7) is 9.45. The number of hydrogen-bond acceptors (Lipinski definition) is 8. The lowest BCUT2D eigenvalue weighted by Crippen LogP contribution is -2.61. The Bertz CT molecular complexity index is 984. The number of ether oxygens (including phenoxy) is 3. The Kier molecular flexibility index (Phi) is 5.18. The van der Waals surface area contributed by atoms with Crippen LogP contribution >= 0.6 is 11.3 Å². The molecule has 0 aliphatic carbocycles. The minimum atomic E-state index is -0.140. The average molecular weight is 448 g/mol. The van der Waals surface area contributed by atoms with Crippen LogP contribution in [0.5, 0.6) is 5.88 Å². The van der Waals surface area contributed by atoms with Crippen LogP contribution in [0.25, 0.3) is 10.2 Å². The second-order valence-electron chi connectivity index (χ2n) is 8.99. The maximum absolute atomic E-state index is 12.9. The van der Waals surface area contributed by atoms with E-state index in [0.29, 0.717) is 23.1 Å². The van der Waals surface area contributed by atoms with E-state index in [-0.39, 0.29) is 17.0 Å². The number of methoxy groups -OCH3 is 1. The largest absolute Gasteiger partial charge is 0.479 e. The second-order valence-corrected chi connectivity index (χ2v) is 9.99. The molecule has 0 bridgehead atoms. The standard InChI is InChI=1S/C21H29N5O4S/c1-4-30-20(2)10-26(11-20)14-9-22-17(28-3)15-16(14)31-18(23-15)24-19(27)25-7-5-21(12-25)6-8-29-13-21/h9H,4-8,10-13H2,1-3H3,(H,23,24,27). The molecule has 0 saturated carbocycles. The Balaban J connectivity index is 1.35. The number of nitrogens with one attached hydrogen (secondary N) is 1. The van der Waals surface area contributed by atoms with Crippen molar-refractivity contribution in [1.82, 2.24) is 14.9 Å². The third-order valence-electron chi connectivity index (χ3n) is 6.57. The zero-order valence-corrected chi connectivity index (χ0v) is 19.1. The van der Waals surface area contributed by atoms with Crippen LogP contribution in [-0.4, -0.2) is 79.6 Å². The summed E-state index contributed by atoms with van der Waals surface area (Å²) in [6.07, 6.45) is 3.84. The van der Waals surface area contributed by atoms with E-state index in [1.165, 1.54) is 11.3 Å². The molecule has 5 heterocycles. The van der Waals surface area contributed by atoms with Gasteiger partial charge in [0.15, 0.2) is 5.13 Å². The van der Waals surface area contributed by atoms with Crippen molar-refractivity contribution < 1.29 is 19.0 Å². The summed E-state index contributed by atoms with van der Waals surface area (Å²) in [5, 5.41) is 3.56. The van der Waals surface area contributed by atoms with E-state index < -0.39 is 0 Å².